The molecule has 3 aromatic rings. The van der Waals surface area contributed by atoms with E-state index >= 15 is 0 Å². The first-order chi connectivity index (χ1) is 9.67. The van der Waals surface area contributed by atoms with E-state index in [1.165, 1.54) is 0 Å². The van der Waals surface area contributed by atoms with Crippen molar-refractivity contribution >= 4 is 27.5 Å². The summed E-state index contributed by atoms with van der Waals surface area (Å²) in [5.74, 6) is 0.264. The molecule has 0 aliphatic heterocycles. The normalized spacial score (nSPS) is 10.7. The largest absolute Gasteiger partial charge is 0.497 e. The first-order valence-electron chi connectivity index (χ1n) is 5.88. The molecule has 0 radical (unpaired) electrons. The van der Waals surface area contributed by atoms with Crippen LogP contribution in [-0.2, 0) is 0 Å². The van der Waals surface area contributed by atoms with Crippen LogP contribution in [0.25, 0.3) is 20.8 Å². The van der Waals surface area contributed by atoms with Gasteiger partial charge in [0.25, 0.3) is 5.91 Å². The molecule has 0 unspecified atom stereocenters. The molecule has 6 heteroatoms. The van der Waals surface area contributed by atoms with Crippen LogP contribution in [0.15, 0.2) is 36.5 Å². The molecule has 100 valence electrons. The molecule has 1 amide bonds. The summed E-state index contributed by atoms with van der Waals surface area (Å²) in [6, 6.07) is 9.13. The quantitative estimate of drug-likeness (QED) is 0.801. The predicted molar refractivity (Wildman–Crippen MR) is 77.9 cm³/mol. The number of methoxy groups -OCH3 is 1. The van der Waals surface area contributed by atoms with Gasteiger partial charge in [-0.15, -0.1) is 11.3 Å². The number of pyridine rings is 1. The number of ether oxygens (including phenoxy) is 1. The minimum Gasteiger partial charge on any atom is -0.497 e. The highest BCUT2D eigenvalue weighted by Gasteiger charge is 2.09. The Hall–Kier alpha value is -2.47. The Morgan fingerprint density at radius 1 is 1.30 bits per heavy atom. The maximum Gasteiger partial charge on any atom is 0.267 e. The number of thiazole rings is 1. The van der Waals surface area contributed by atoms with Gasteiger partial charge >= 0.3 is 0 Å². The summed E-state index contributed by atoms with van der Waals surface area (Å²) in [6.45, 7) is 0. The molecule has 0 aliphatic carbocycles. The summed E-state index contributed by atoms with van der Waals surface area (Å²) in [5, 5.41) is 0.844. The van der Waals surface area contributed by atoms with Gasteiger partial charge in [0, 0.05) is 11.8 Å². The minimum absolute atomic E-state index is 0.247. The molecular formula is C14H11N3O2S. The zero-order valence-corrected chi connectivity index (χ0v) is 11.5. The Morgan fingerprint density at radius 2 is 2.15 bits per heavy atom. The highest BCUT2D eigenvalue weighted by Crippen LogP contribution is 2.31. The van der Waals surface area contributed by atoms with Gasteiger partial charge in [-0.3, -0.25) is 9.78 Å². The fourth-order valence-corrected chi connectivity index (χ4v) is 2.81. The number of hydrogen-bond acceptors (Lipinski definition) is 5. The van der Waals surface area contributed by atoms with E-state index in [0.29, 0.717) is 0 Å². The number of carbonyl (C=O) groups excluding carboxylic acids is 1. The van der Waals surface area contributed by atoms with Crippen LogP contribution in [0.4, 0.5) is 0 Å². The van der Waals surface area contributed by atoms with Crippen molar-refractivity contribution in [3.63, 3.8) is 0 Å². The lowest BCUT2D eigenvalue weighted by molar-refractivity contribution is 0.0995. The fourth-order valence-electron chi connectivity index (χ4n) is 1.82. The molecule has 5 nitrogen and oxygen atoms in total. The molecule has 0 saturated carbocycles. The molecule has 0 bridgehead atoms. The number of aromatic nitrogens is 2. The monoisotopic (exact) mass is 285 g/mol. The first-order valence-corrected chi connectivity index (χ1v) is 6.70. The zero-order valence-electron chi connectivity index (χ0n) is 10.7. The van der Waals surface area contributed by atoms with Crippen molar-refractivity contribution in [2.75, 3.05) is 7.11 Å². The molecule has 0 fully saturated rings. The SMILES string of the molecule is COc1ccc2nc(-c3ccc(C(N)=O)nc3)sc2c1. The number of primary amides is 1. The van der Waals surface area contributed by atoms with E-state index in [9.17, 15) is 4.79 Å². The van der Waals surface area contributed by atoms with Gasteiger partial charge in [0.15, 0.2) is 0 Å². The third-order valence-corrected chi connectivity index (χ3v) is 3.93. The summed E-state index contributed by atoms with van der Waals surface area (Å²) in [5.41, 5.74) is 7.18. The van der Waals surface area contributed by atoms with Gasteiger partial charge in [-0.2, -0.15) is 0 Å². The molecule has 3 rings (SSSR count). The number of fused-ring (bicyclic) bond motifs is 1. The first kappa shape index (κ1) is 12.6. The second-order valence-corrected chi connectivity index (χ2v) is 5.18. The van der Waals surface area contributed by atoms with E-state index in [-0.39, 0.29) is 5.69 Å². The Morgan fingerprint density at radius 3 is 2.80 bits per heavy atom. The van der Waals surface area contributed by atoms with E-state index < -0.39 is 5.91 Å². The Kier molecular flexibility index (Phi) is 3.08. The van der Waals surface area contributed by atoms with Crippen LogP contribution in [0, 0.1) is 0 Å². The van der Waals surface area contributed by atoms with Gasteiger partial charge in [-0.05, 0) is 30.3 Å². The number of nitrogens with zero attached hydrogens (tertiary/aromatic N) is 2. The number of carbonyl (C=O) groups is 1. The summed E-state index contributed by atoms with van der Waals surface area (Å²) in [6.07, 6.45) is 1.61. The van der Waals surface area contributed by atoms with E-state index in [4.69, 9.17) is 10.5 Å². The second-order valence-electron chi connectivity index (χ2n) is 4.15. The number of benzene rings is 1. The maximum atomic E-state index is 11.0. The van der Waals surface area contributed by atoms with Crippen LogP contribution in [0.5, 0.6) is 5.75 Å². The predicted octanol–water partition coefficient (Wildman–Crippen LogP) is 2.47. The Bertz CT molecular complexity index is 781. The number of nitrogens with two attached hydrogens (primary N) is 1. The molecule has 0 atom stereocenters. The van der Waals surface area contributed by atoms with E-state index in [1.54, 1.807) is 36.8 Å². The third kappa shape index (κ3) is 2.21. The topological polar surface area (TPSA) is 78.1 Å². The van der Waals surface area contributed by atoms with Crippen LogP contribution < -0.4 is 10.5 Å². The molecule has 2 N–H and O–H groups in total. The van der Waals surface area contributed by atoms with E-state index in [2.05, 4.69) is 9.97 Å². The molecule has 1 aromatic carbocycles. The lowest BCUT2D eigenvalue weighted by Gasteiger charge is -1.96. The summed E-state index contributed by atoms with van der Waals surface area (Å²) in [4.78, 5) is 19.6. The minimum atomic E-state index is -0.536. The molecule has 0 spiro atoms. The highest BCUT2D eigenvalue weighted by molar-refractivity contribution is 7.21. The van der Waals surface area contributed by atoms with Gasteiger partial charge in [0.2, 0.25) is 0 Å². The van der Waals surface area contributed by atoms with Gasteiger partial charge in [-0.1, -0.05) is 0 Å². The zero-order chi connectivity index (χ0) is 14.1. The number of hydrogen-bond donors (Lipinski definition) is 1. The summed E-state index contributed by atoms with van der Waals surface area (Å²) < 4.78 is 6.23. The van der Waals surface area contributed by atoms with Crippen molar-refractivity contribution < 1.29 is 9.53 Å². The van der Waals surface area contributed by atoms with Crippen LogP contribution >= 0.6 is 11.3 Å². The molecule has 20 heavy (non-hydrogen) atoms. The number of rotatable bonds is 3. The van der Waals surface area contributed by atoms with E-state index in [0.717, 1.165) is 26.5 Å². The Labute approximate surface area is 119 Å². The van der Waals surface area contributed by atoms with Gasteiger partial charge in [0.05, 0.1) is 17.3 Å². The molecule has 0 aliphatic rings. The standard InChI is InChI=1S/C14H11N3O2S/c1-19-9-3-5-10-12(6-9)20-14(17-10)8-2-4-11(13(15)18)16-7-8/h2-7H,1H3,(H2,15,18). The average molecular weight is 285 g/mol. The fraction of sp³-hybridized carbons (Fsp3) is 0.0714. The third-order valence-electron chi connectivity index (χ3n) is 2.86. The lowest BCUT2D eigenvalue weighted by atomic mass is 10.2. The maximum absolute atomic E-state index is 11.0. The molecular weight excluding hydrogens is 274 g/mol. The van der Waals surface area contributed by atoms with Gasteiger partial charge in [-0.25, -0.2) is 4.98 Å². The van der Waals surface area contributed by atoms with Crippen LogP contribution in [-0.4, -0.2) is 23.0 Å². The average Bonchev–Trinajstić information content (AvgIpc) is 2.90. The number of amides is 1. The smallest absolute Gasteiger partial charge is 0.267 e. The van der Waals surface area contributed by atoms with Crippen LogP contribution in [0.3, 0.4) is 0 Å². The van der Waals surface area contributed by atoms with Crippen molar-refractivity contribution in [2.24, 2.45) is 5.73 Å². The van der Waals surface area contributed by atoms with Crippen molar-refractivity contribution in [1.29, 1.82) is 0 Å². The molecule has 2 aromatic heterocycles. The molecule has 2 heterocycles. The van der Waals surface area contributed by atoms with Crippen LogP contribution in [0.2, 0.25) is 0 Å². The second kappa shape index (κ2) is 4.90. The molecule has 0 saturated heterocycles. The van der Waals surface area contributed by atoms with Gasteiger partial charge < -0.3 is 10.5 Å². The Balaban J connectivity index is 2.03. The highest BCUT2D eigenvalue weighted by atomic mass is 32.1. The summed E-state index contributed by atoms with van der Waals surface area (Å²) in [7, 11) is 1.63. The van der Waals surface area contributed by atoms with Crippen molar-refractivity contribution in [3.8, 4) is 16.3 Å². The van der Waals surface area contributed by atoms with Crippen LogP contribution in [0.1, 0.15) is 10.5 Å². The van der Waals surface area contributed by atoms with Crippen molar-refractivity contribution in [3.05, 3.63) is 42.2 Å². The summed E-state index contributed by atoms with van der Waals surface area (Å²) >= 11 is 1.55. The van der Waals surface area contributed by atoms with Crippen molar-refractivity contribution in [2.45, 2.75) is 0 Å². The van der Waals surface area contributed by atoms with Crippen molar-refractivity contribution in [1.82, 2.24) is 9.97 Å². The van der Waals surface area contributed by atoms with E-state index in [1.807, 2.05) is 18.2 Å². The van der Waals surface area contributed by atoms with Gasteiger partial charge in [0.1, 0.15) is 16.5 Å². The lowest BCUT2D eigenvalue weighted by Crippen LogP contribution is -2.12.